The third-order valence-electron chi connectivity index (χ3n) is 2.86. The van der Waals surface area contributed by atoms with Crippen molar-refractivity contribution in [2.75, 3.05) is 0 Å². The Labute approximate surface area is 103 Å². The average molecular weight is 229 g/mol. The maximum absolute atomic E-state index is 5.50. The SMILES string of the molecule is CCc1ccc(CNCc2ccc(C)o2)cc1. The van der Waals surface area contributed by atoms with Crippen LogP contribution in [0.1, 0.15) is 29.6 Å². The molecule has 1 aromatic heterocycles. The normalized spacial score (nSPS) is 10.7. The van der Waals surface area contributed by atoms with Crippen LogP contribution < -0.4 is 5.32 Å². The molecule has 0 aliphatic heterocycles. The predicted molar refractivity (Wildman–Crippen MR) is 69.8 cm³/mol. The molecular weight excluding hydrogens is 210 g/mol. The van der Waals surface area contributed by atoms with Crippen molar-refractivity contribution in [3.63, 3.8) is 0 Å². The summed E-state index contributed by atoms with van der Waals surface area (Å²) in [5.74, 6) is 1.96. The lowest BCUT2D eigenvalue weighted by atomic mass is 10.1. The van der Waals surface area contributed by atoms with E-state index in [0.717, 1.165) is 31.0 Å². The Kier molecular flexibility index (Phi) is 3.99. The van der Waals surface area contributed by atoms with Gasteiger partial charge < -0.3 is 9.73 Å². The molecule has 1 N–H and O–H groups in total. The molecule has 2 heteroatoms. The van der Waals surface area contributed by atoms with Crippen LogP contribution in [0.4, 0.5) is 0 Å². The number of furan rings is 1. The Hall–Kier alpha value is -1.54. The van der Waals surface area contributed by atoms with Crippen LogP contribution in [0.2, 0.25) is 0 Å². The zero-order valence-electron chi connectivity index (χ0n) is 10.5. The van der Waals surface area contributed by atoms with Crippen molar-refractivity contribution in [3.05, 3.63) is 59.0 Å². The van der Waals surface area contributed by atoms with E-state index < -0.39 is 0 Å². The van der Waals surface area contributed by atoms with Crippen LogP contribution in [0.15, 0.2) is 40.8 Å². The zero-order chi connectivity index (χ0) is 12.1. The lowest BCUT2D eigenvalue weighted by Crippen LogP contribution is -2.12. The monoisotopic (exact) mass is 229 g/mol. The predicted octanol–water partition coefficient (Wildman–Crippen LogP) is 3.44. The number of benzene rings is 1. The Morgan fingerprint density at radius 3 is 2.24 bits per heavy atom. The number of hydrogen-bond acceptors (Lipinski definition) is 2. The van der Waals surface area contributed by atoms with Crippen LogP contribution in [0.25, 0.3) is 0 Å². The molecule has 0 fully saturated rings. The maximum Gasteiger partial charge on any atom is 0.117 e. The van der Waals surface area contributed by atoms with Gasteiger partial charge in [-0.05, 0) is 36.6 Å². The van der Waals surface area contributed by atoms with Gasteiger partial charge in [0.15, 0.2) is 0 Å². The van der Waals surface area contributed by atoms with E-state index in [4.69, 9.17) is 4.42 Å². The molecular formula is C15H19NO. The Bertz CT molecular complexity index is 456. The Morgan fingerprint density at radius 2 is 1.65 bits per heavy atom. The highest BCUT2D eigenvalue weighted by molar-refractivity contribution is 5.22. The fourth-order valence-electron chi connectivity index (χ4n) is 1.80. The van der Waals surface area contributed by atoms with Crippen molar-refractivity contribution in [2.45, 2.75) is 33.4 Å². The molecule has 1 heterocycles. The van der Waals surface area contributed by atoms with Crippen molar-refractivity contribution in [1.82, 2.24) is 5.32 Å². The van der Waals surface area contributed by atoms with Gasteiger partial charge >= 0.3 is 0 Å². The van der Waals surface area contributed by atoms with Crippen LogP contribution in [-0.2, 0) is 19.5 Å². The van der Waals surface area contributed by atoms with Crippen molar-refractivity contribution in [1.29, 1.82) is 0 Å². The maximum atomic E-state index is 5.50. The van der Waals surface area contributed by atoms with Crippen molar-refractivity contribution in [2.24, 2.45) is 0 Å². The first-order chi connectivity index (χ1) is 8.28. The Balaban J connectivity index is 1.81. The smallest absolute Gasteiger partial charge is 0.117 e. The van der Waals surface area contributed by atoms with Gasteiger partial charge in [0.1, 0.15) is 11.5 Å². The fourth-order valence-corrected chi connectivity index (χ4v) is 1.80. The van der Waals surface area contributed by atoms with Gasteiger partial charge in [-0.1, -0.05) is 31.2 Å². The van der Waals surface area contributed by atoms with Gasteiger partial charge in [0.05, 0.1) is 6.54 Å². The summed E-state index contributed by atoms with van der Waals surface area (Å²) in [4.78, 5) is 0. The second-order valence-corrected chi connectivity index (χ2v) is 4.29. The van der Waals surface area contributed by atoms with Crippen LogP contribution in [0.5, 0.6) is 0 Å². The average Bonchev–Trinajstić information content (AvgIpc) is 2.76. The summed E-state index contributed by atoms with van der Waals surface area (Å²) < 4.78 is 5.50. The van der Waals surface area contributed by atoms with Crippen molar-refractivity contribution in [3.8, 4) is 0 Å². The van der Waals surface area contributed by atoms with Crippen LogP contribution >= 0.6 is 0 Å². The molecule has 90 valence electrons. The summed E-state index contributed by atoms with van der Waals surface area (Å²) in [7, 11) is 0. The molecule has 0 aliphatic rings. The molecule has 2 nitrogen and oxygen atoms in total. The van der Waals surface area contributed by atoms with Gasteiger partial charge in [-0.15, -0.1) is 0 Å². The number of hydrogen-bond donors (Lipinski definition) is 1. The molecule has 2 rings (SSSR count). The van der Waals surface area contributed by atoms with Crippen LogP contribution in [0, 0.1) is 6.92 Å². The molecule has 0 radical (unpaired) electrons. The minimum Gasteiger partial charge on any atom is -0.465 e. The van der Waals surface area contributed by atoms with E-state index in [1.165, 1.54) is 11.1 Å². The van der Waals surface area contributed by atoms with E-state index in [0.29, 0.717) is 0 Å². The summed E-state index contributed by atoms with van der Waals surface area (Å²) in [5.41, 5.74) is 2.70. The lowest BCUT2D eigenvalue weighted by molar-refractivity contribution is 0.461. The zero-order valence-corrected chi connectivity index (χ0v) is 10.5. The van der Waals surface area contributed by atoms with E-state index in [2.05, 4.69) is 36.5 Å². The Morgan fingerprint density at radius 1 is 0.941 bits per heavy atom. The molecule has 0 unspecified atom stereocenters. The third kappa shape index (κ3) is 3.46. The molecule has 2 aromatic rings. The standard InChI is InChI=1S/C15H19NO/c1-3-13-5-7-14(8-6-13)10-16-11-15-9-4-12(2)17-15/h4-9,16H,3,10-11H2,1-2H3. The molecule has 0 spiro atoms. The molecule has 0 aliphatic carbocycles. The van der Waals surface area contributed by atoms with E-state index >= 15 is 0 Å². The van der Waals surface area contributed by atoms with E-state index in [1.54, 1.807) is 0 Å². The van der Waals surface area contributed by atoms with Crippen LogP contribution in [0.3, 0.4) is 0 Å². The molecule has 0 amide bonds. The van der Waals surface area contributed by atoms with Gasteiger partial charge in [-0.2, -0.15) is 0 Å². The third-order valence-corrected chi connectivity index (χ3v) is 2.86. The highest BCUT2D eigenvalue weighted by Gasteiger charge is 1.98. The first kappa shape index (κ1) is 11.9. The second kappa shape index (κ2) is 5.69. The van der Waals surface area contributed by atoms with E-state index in [1.807, 2.05) is 19.1 Å². The molecule has 1 aromatic carbocycles. The summed E-state index contributed by atoms with van der Waals surface area (Å²) in [6.45, 7) is 5.80. The summed E-state index contributed by atoms with van der Waals surface area (Å²) >= 11 is 0. The summed E-state index contributed by atoms with van der Waals surface area (Å²) in [6.07, 6.45) is 1.10. The number of nitrogens with one attached hydrogen (secondary N) is 1. The highest BCUT2D eigenvalue weighted by Crippen LogP contribution is 2.07. The van der Waals surface area contributed by atoms with Gasteiger partial charge in [0, 0.05) is 6.54 Å². The summed E-state index contributed by atoms with van der Waals surface area (Å²) in [5, 5.41) is 3.38. The summed E-state index contributed by atoms with van der Waals surface area (Å²) in [6, 6.07) is 12.7. The topological polar surface area (TPSA) is 25.2 Å². The first-order valence-electron chi connectivity index (χ1n) is 6.12. The van der Waals surface area contributed by atoms with Crippen molar-refractivity contribution >= 4 is 0 Å². The quantitative estimate of drug-likeness (QED) is 0.849. The largest absolute Gasteiger partial charge is 0.465 e. The van der Waals surface area contributed by atoms with E-state index in [9.17, 15) is 0 Å². The van der Waals surface area contributed by atoms with Gasteiger partial charge in [-0.25, -0.2) is 0 Å². The molecule has 0 atom stereocenters. The lowest BCUT2D eigenvalue weighted by Gasteiger charge is -2.04. The van der Waals surface area contributed by atoms with Gasteiger partial charge in [0.25, 0.3) is 0 Å². The van der Waals surface area contributed by atoms with Crippen molar-refractivity contribution < 1.29 is 4.42 Å². The van der Waals surface area contributed by atoms with Gasteiger partial charge in [-0.3, -0.25) is 0 Å². The molecule has 0 saturated carbocycles. The molecule has 17 heavy (non-hydrogen) atoms. The minimum absolute atomic E-state index is 0.781. The highest BCUT2D eigenvalue weighted by atomic mass is 16.3. The fraction of sp³-hybridized carbons (Fsp3) is 0.333. The van der Waals surface area contributed by atoms with Crippen LogP contribution in [-0.4, -0.2) is 0 Å². The minimum atomic E-state index is 0.781. The molecule has 0 saturated heterocycles. The van der Waals surface area contributed by atoms with Gasteiger partial charge in [0.2, 0.25) is 0 Å². The number of aryl methyl sites for hydroxylation is 2. The first-order valence-corrected chi connectivity index (χ1v) is 6.12. The molecule has 0 bridgehead atoms. The van der Waals surface area contributed by atoms with E-state index in [-0.39, 0.29) is 0 Å². The number of rotatable bonds is 5. The second-order valence-electron chi connectivity index (χ2n) is 4.29.